The van der Waals surface area contributed by atoms with E-state index < -0.39 is 0 Å². The third-order valence-corrected chi connectivity index (χ3v) is 3.09. The highest BCUT2D eigenvalue weighted by molar-refractivity contribution is 4.99. The molecule has 0 aromatic carbocycles. The van der Waals surface area contributed by atoms with Crippen molar-refractivity contribution in [1.29, 1.82) is 0 Å². The summed E-state index contributed by atoms with van der Waals surface area (Å²) >= 11 is 0. The lowest BCUT2D eigenvalue weighted by molar-refractivity contribution is 0.102. The molecule has 0 saturated carbocycles. The van der Waals surface area contributed by atoms with E-state index >= 15 is 0 Å². The first kappa shape index (κ1) is 7.35. The van der Waals surface area contributed by atoms with Crippen molar-refractivity contribution in [2.75, 3.05) is 6.54 Å². The van der Waals surface area contributed by atoms with Crippen molar-refractivity contribution in [2.24, 2.45) is 0 Å². The Hall–Kier alpha value is -0.300. The van der Waals surface area contributed by atoms with Gasteiger partial charge in [-0.25, -0.2) is 0 Å². The van der Waals surface area contributed by atoms with Crippen LogP contribution in [-0.2, 0) is 0 Å². The molecule has 0 spiro atoms. The van der Waals surface area contributed by atoms with E-state index in [2.05, 4.69) is 24.0 Å². The smallest absolute Gasteiger partial charge is 0.0169 e. The van der Waals surface area contributed by atoms with Gasteiger partial charge in [0.05, 0.1) is 0 Å². The Bertz CT molecular complexity index is 162. The Kier molecular flexibility index (Phi) is 1.99. The number of hydrogen-bond donors (Lipinski definition) is 0. The largest absolute Gasteiger partial charge is 0.294 e. The standard InChI is InChI=1S/C10H17N/c1-9-5-4-7-10-6-2-3-8-11(9)10/h2-3,9-10H,4-8H2,1H3/t9-,10?/m0/s1. The molecule has 1 nitrogen and oxygen atoms in total. The summed E-state index contributed by atoms with van der Waals surface area (Å²) in [4.78, 5) is 2.66. The van der Waals surface area contributed by atoms with Crippen LogP contribution in [-0.4, -0.2) is 23.5 Å². The van der Waals surface area contributed by atoms with Gasteiger partial charge in [-0.2, -0.15) is 0 Å². The zero-order chi connectivity index (χ0) is 7.68. The monoisotopic (exact) mass is 151 g/mol. The summed E-state index contributed by atoms with van der Waals surface area (Å²) in [5.41, 5.74) is 0. The highest BCUT2D eigenvalue weighted by Crippen LogP contribution is 2.26. The topological polar surface area (TPSA) is 3.24 Å². The van der Waals surface area contributed by atoms with Crippen LogP contribution in [0.4, 0.5) is 0 Å². The molecule has 1 saturated heterocycles. The van der Waals surface area contributed by atoms with Crippen LogP contribution >= 0.6 is 0 Å². The van der Waals surface area contributed by atoms with Gasteiger partial charge in [-0.05, 0) is 26.2 Å². The molecular weight excluding hydrogens is 134 g/mol. The molecule has 2 aliphatic heterocycles. The van der Waals surface area contributed by atoms with Crippen molar-refractivity contribution in [3.05, 3.63) is 12.2 Å². The molecule has 0 radical (unpaired) electrons. The van der Waals surface area contributed by atoms with Crippen LogP contribution < -0.4 is 0 Å². The predicted octanol–water partition coefficient (Wildman–Crippen LogP) is 2.19. The lowest BCUT2D eigenvalue weighted by Gasteiger charge is -2.41. The minimum atomic E-state index is 0.832. The summed E-state index contributed by atoms with van der Waals surface area (Å²) in [5, 5.41) is 0. The van der Waals surface area contributed by atoms with E-state index in [0.717, 1.165) is 12.1 Å². The van der Waals surface area contributed by atoms with Gasteiger partial charge in [-0.1, -0.05) is 18.6 Å². The van der Waals surface area contributed by atoms with Crippen LogP contribution in [0.3, 0.4) is 0 Å². The SMILES string of the molecule is C[C@H]1CCCC2CC=CCN21. The maximum Gasteiger partial charge on any atom is 0.0169 e. The van der Waals surface area contributed by atoms with E-state index in [-0.39, 0.29) is 0 Å². The quantitative estimate of drug-likeness (QED) is 0.480. The molecule has 0 aliphatic carbocycles. The lowest BCUT2D eigenvalue weighted by Crippen LogP contribution is -2.46. The highest BCUT2D eigenvalue weighted by atomic mass is 15.2. The molecule has 0 bridgehead atoms. The van der Waals surface area contributed by atoms with Crippen LogP contribution in [0.1, 0.15) is 32.6 Å². The summed E-state index contributed by atoms with van der Waals surface area (Å²) in [6.45, 7) is 3.57. The Morgan fingerprint density at radius 1 is 1.27 bits per heavy atom. The van der Waals surface area contributed by atoms with Crippen molar-refractivity contribution in [2.45, 2.75) is 44.7 Å². The molecule has 2 rings (SSSR count). The molecular formula is C10H17N. The second-order valence-corrected chi connectivity index (χ2v) is 3.84. The summed E-state index contributed by atoms with van der Waals surface area (Å²) in [5.74, 6) is 0. The molecule has 0 N–H and O–H groups in total. The zero-order valence-corrected chi connectivity index (χ0v) is 7.29. The second kappa shape index (κ2) is 2.98. The average molecular weight is 151 g/mol. The van der Waals surface area contributed by atoms with E-state index in [9.17, 15) is 0 Å². The van der Waals surface area contributed by atoms with Crippen LogP contribution in [0.15, 0.2) is 12.2 Å². The van der Waals surface area contributed by atoms with Crippen molar-refractivity contribution < 1.29 is 0 Å². The van der Waals surface area contributed by atoms with Gasteiger partial charge < -0.3 is 0 Å². The van der Waals surface area contributed by atoms with Gasteiger partial charge in [0.15, 0.2) is 0 Å². The molecule has 1 fully saturated rings. The van der Waals surface area contributed by atoms with Crippen molar-refractivity contribution >= 4 is 0 Å². The second-order valence-electron chi connectivity index (χ2n) is 3.84. The summed E-state index contributed by atoms with van der Waals surface area (Å²) in [7, 11) is 0. The first-order chi connectivity index (χ1) is 5.38. The fraction of sp³-hybridized carbons (Fsp3) is 0.800. The van der Waals surface area contributed by atoms with Crippen LogP contribution in [0.2, 0.25) is 0 Å². The van der Waals surface area contributed by atoms with E-state index in [1.54, 1.807) is 0 Å². The predicted molar refractivity (Wildman–Crippen MR) is 47.6 cm³/mol. The van der Waals surface area contributed by atoms with Crippen LogP contribution in [0.25, 0.3) is 0 Å². The number of hydrogen-bond acceptors (Lipinski definition) is 1. The minimum Gasteiger partial charge on any atom is -0.294 e. The van der Waals surface area contributed by atoms with Gasteiger partial charge in [0.1, 0.15) is 0 Å². The van der Waals surface area contributed by atoms with Gasteiger partial charge in [0.25, 0.3) is 0 Å². The Morgan fingerprint density at radius 3 is 3.00 bits per heavy atom. The summed E-state index contributed by atoms with van der Waals surface area (Å²) in [6, 6.07) is 1.71. The fourth-order valence-electron chi connectivity index (χ4n) is 2.37. The first-order valence-electron chi connectivity index (χ1n) is 4.78. The van der Waals surface area contributed by atoms with Crippen molar-refractivity contribution in [3.63, 3.8) is 0 Å². The van der Waals surface area contributed by atoms with Gasteiger partial charge in [-0.15, -0.1) is 0 Å². The molecule has 0 aromatic heterocycles. The number of piperidine rings is 1. The Balaban J connectivity index is 2.07. The molecule has 1 unspecified atom stereocenters. The van der Waals surface area contributed by atoms with Crippen LogP contribution in [0.5, 0.6) is 0 Å². The van der Waals surface area contributed by atoms with E-state index in [1.165, 1.54) is 32.2 Å². The van der Waals surface area contributed by atoms with Crippen molar-refractivity contribution in [3.8, 4) is 0 Å². The normalized spacial score (nSPS) is 38.6. The minimum absolute atomic E-state index is 0.832. The summed E-state index contributed by atoms with van der Waals surface area (Å²) < 4.78 is 0. The van der Waals surface area contributed by atoms with E-state index in [1.807, 2.05) is 0 Å². The fourth-order valence-corrected chi connectivity index (χ4v) is 2.37. The molecule has 0 aromatic rings. The number of fused-ring (bicyclic) bond motifs is 1. The molecule has 2 aliphatic rings. The highest BCUT2D eigenvalue weighted by Gasteiger charge is 2.27. The summed E-state index contributed by atoms with van der Waals surface area (Å²) in [6.07, 6.45) is 10.2. The maximum atomic E-state index is 2.66. The average Bonchev–Trinajstić information content (AvgIpc) is 2.06. The third-order valence-electron chi connectivity index (χ3n) is 3.09. The number of rotatable bonds is 0. The van der Waals surface area contributed by atoms with Crippen LogP contribution in [0, 0.1) is 0 Å². The zero-order valence-electron chi connectivity index (χ0n) is 7.29. The van der Waals surface area contributed by atoms with E-state index in [0.29, 0.717) is 0 Å². The van der Waals surface area contributed by atoms with Gasteiger partial charge in [0.2, 0.25) is 0 Å². The maximum absolute atomic E-state index is 2.66. The van der Waals surface area contributed by atoms with Gasteiger partial charge in [-0.3, -0.25) is 4.90 Å². The molecule has 11 heavy (non-hydrogen) atoms. The molecule has 2 heterocycles. The third kappa shape index (κ3) is 1.34. The van der Waals surface area contributed by atoms with Gasteiger partial charge in [0, 0.05) is 18.6 Å². The van der Waals surface area contributed by atoms with Crippen molar-refractivity contribution in [1.82, 2.24) is 4.90 Å². The first-order valence-corrected chi connectivity index (χ1v) is 4.78. The lowest BCUT2D eigenvalue weighted by atomic mass is 9.92. The number of nitrogens with zero attached hydrogens (tertiary/aromatic N) is 1. The molecule has 1 heteroatoms. The van der Waals surface area contributed by atoms with Gasteiger partial charge >= 0.3 is 0 Å². The molecule has 2 atom stereocenters. The Labute approximate surface area is 69.1 Å². The Morgan fingerprint density at radius 2 is 2.18 bits per heavy atom. The molecule has 0 amide bonds. The molecule has 62 valence electrons. The van der Waals surface area contributed by atoms with E-state index in [4.69, 9.17) is 0 Å².